The van der Waals surface area contributed by atoms with Crippen molar-refractivity contribution in [2.75, 3.05) is 33.9 Å². The number of carbonyl (C=O) groups excluding carboxylic acids is 1. The number of carbonyl (C=O) groups is 1. The highest BCUT2D eigenvalue weighted by Crippen LogP contribution is 2.33. The number of fused-ring (bicyclic) bond motifs is 1. The molecule has 1 aromatic carbocycles. The van der Waals surface area contributed by atoms with E-state index in [0.29, 0.717) is 47.6 Å². The van der Waals surface area contributed by atoms with Crippen LogP contribution in [-0.2, 0) is 11.3 Å². The number of hydrogen-bond acceptors (Lipinski definition) is 6. The number of aromatic nitrogens is 1. The summed E-state index contributed by atoms with van der Waals surface area (Å²) >= 11 is -2.25. The molecule has 0 saturated carbocycles. The van der Waals surface area contributed by atoms with Gasteiger partial charge in [0.05, 0.1) is 25.3 Å². The van der Waals surface area contributed by atoms with Gasteiger partial charge in [0.15, 0.2) is 11.5 Å². The molecule has 2 aromatic rings. The minimum Gasteiger partial charge on any atom is -0.760 e. The van der Waals surface area contributed by atoms with E-state index in [1.54, 1.807) is 43.5 Å². The fraction of sp³-hybridized carbons (Fsp3) is 0.444. The Labute approximate surface area is 160 Å². The van der Waals surface area contributed by atoms with E-state index in [1.807, 2.05) is 0 Å². The SMILES string of the molecule is COc1cc2nccc(C(=O)N3CCC(CNS(=O)[O-])CC3)c2cc1OC. The fourth-order valence-electron chi connectivity index (χ4n) is 3.36. The van der Waals surface area contributed by atoms with Crippen molar-refractivity contribution in [1.82, 2.24) is 14.6 Å². The van der Waals surface area contributed by atoms with Crippen molar-refractivity contribution >= 4 is 28.1 Å². The summed E-state index contributed by atoms with van der Waals surface area (Å²) < 4.78 is 34.3. The van der Waals surface area contributed by atoms with Gasteiger partial charge in [0.25, 0.3) is 5.91 Å². The molecule has 0 radical (unpaired) electrons. The third-order valence-electron chi connectivity index (χ3n) is 4.87. The second-order valence-electron chi connectivity index (χ2n) is 6.40. The maximum Gasteiger partial charge on any atom is 0.254 e. The van der Waals surface area contributed by atoms with E-state index in [4.69, 9.17) is 9.47 Å². The molecular formula is C18H22N3O5S-. The molecule has 2 heterocycles. The zero-order chi connectivity index (χ0) is 19.4. The van der Waals surface area contributed by atoms with Crippen LogP contribution in [-0.4, -0.2) is 58.4 Å². The number of pyridine rings is 1. The molecule has 146 valence electrons. The van der Waals surface area contributed by atoms with Crippen molar-refractivity contribution in [2.24, 2.45) is 5.92 Å². The quantitative estimate of drug-likeness (QED) is 0.747. The van der Waals surface area contributed by atoms with Crippen molar-refractivity contribution in [1.29, 1.82) is 0 Å². The lowest BCUT2D eigenvalue weighted by Crippen LogP contribution is -2.41. The smallest absolute Gasteiger partial charge is 0.254 e. The maximum atomic E-state index is 13.1. The van der Waals surface area contributed by atoms with Crippen LogP contribution in [0.3, 0.4) is 0 Å². The van der Waals surface area contributed by atoms with Gasteiger partial charge < -0.3 is 18.9 Å². The summed E-state index contributed by atoms with van der Waals surface area (Å²) in [4.78, 5) is 19.2. The lowest BCUT2D eigenvalue weighted by atomic mass is 9.96. The molecule has 1 fully saturated rings. The molecular weight excluding hydrogens is 370 g/mol. The largest absolute Gasteiger partial charge is 0.760 e. The molecule has 1 saturated heterocycles. The van der Waals surface area contributed by atoms with E-state index < -0.39 is 11.3 Å². The molecule has 1 aliphatic rings. The van der Waals surface area contributed by atoms with E-state index in [-0.39, 0.29) is 11.8 Å². The van der Waals surface area contributed by atoms with Crippen molar-refractivity contribution in [3.05, 3.63) is 30.0 Å². The Bertz CT molecular complexity index is 852. The van der Waals surface area contributed by atoms with E-state index in [0.717, 1.165) is 12.8 Å². The van der Waals surface area contributed by atoms with E-state index in [1.165, 1.54) is 0 Å². The normalized spacial score (nSPS) is 16.3. The van der Waals surface area contributed by atoms with E-state index in [9.17, 15) is 13.6 Å². The number of piperidine rings is 1. The summed E-state index contributed by atoms with van der Waals surface area (Å²) in [5, 5.41) is 0.714. The van der Waals surface area contributed by atoms with Gasteiger partial charge in [-0.05, 0) is 30.9 Å². The number of benzene rings is 1. The fourth-order valence-corrected chi connectivity index (χ4v) is 3.73. The molecule has 1 amide bonds. The van der Waals surface area contributed by atoms with Gasteiger partial charge in [-0.1, -0.05) is 0 Å². The minimum absolute atomic E-state index is 0.0616. The third-order valence-corrected chi connectivity index (χ3v) is 5.27. The number of hydrogen-bond donors (Lipinski definition) is 1. The number of likely N-dealkylation sites (tertiary alicyclic amines) is 1. The minimum atomic E-state index is -2.25. The molecule has 0 aliphatic carbocycles. The van der Waals surface area contributed by atoms with Crippen LogP contribution in [0.4, 0.5) is 0 Å². The molecule has 0 bridgehead atoms. The van der Waals surface area contributed by atoms with Crippen LogP contribution in [0.25, 0.3) is 10.9 Å². The number of amides is 1. The Morgan fingerprint density at radius 1 is 1.30 bits per heavy atom. The first-order chi connectivity index (χ1) is 13.0. The number of methoxy groups -OCH3 is 2. The molecule has 8 nitrogen and oxygen atoms in total. The molecule has 1 unspecified atom stereocenters. The average molecular weight is 392 g/mol. The predicted molar refractivity (Wildman–Crippen MR) is 100 cm³/mol. The Morgan fingerprint density at radius 2 is 1.96 bits per heavy atom. The van der Waals surface area contributed by atoms with E-state index >= 15 is 0 Å². The van der Waals surface area contributed by atoms with Crippen LogP contribution in [0, 0.1) is 5.92 Å². The summed E-state index contributed by atoms with van der Waals surface area (Å²) in [5.74, 6) is 1.28. The van der Waals surface area contributed by atoms with Gasteiger partial charge in [0, 0.05) is 48.6 Å². The summed E-state index contributed by atoms with van der Waals surface area (Å²) in [6.07, 6.45) is 3.13. The summed E-state index contributed by atoms with van der Waals surface area (Å²) in [7, 11) is 3.11. The van der Waals surface area contributed by atoms with Crippen LogP contribution in [0.1, 0.15) is 23.2 Å². The lowest BCUT2D eigenvalue weighted by molar-refractivity contribution is 0.0694. The molecule has 0 spiro atoms. The van der Waals surface area contributed by atoms with Crippen LogP contribution in [0.15, 0.2) is 24.4 Å². The highest BCUT2D eigenvalue weighted by molar-refractivity contribution is 7.77. The van der Waals surface area contributed by atoms with Gasteiger partial charge in [-0.3, -0.25) is 14.0 Å². The van der Waals surface area contributed by atoms with Crippen molar-refractivity contribution in [3.63, 3.8) is 0 Å². The highest BCUT2D eigenvalue weighted by atomic mass is 32.2. The third kappa shape index (κ3) is 4.37. The molecule has 1 aliphatic heterocycles. The lowest BCUT2D eigenvalue weighted by Gasteiger charge is -2.32. The second kappa shape index (κ2) is 8.64. The van der Waals surface area contributed by atoms with Gasteiger partial charge >= 0.3 is 0 Å². The van der Waals surface area contributed by atoms with Gasteiger partial charge in [-0.2, -0.15) is 0 Å². The first kappa shape index (κ1) is 19.5. The number of nitrogens with zero attached hydrogens (tertiary/aromatic N) is 2. The van der Waals surface area contributed by atoms with Crippen LogP contribution in [0.2, 0.25) is 0 Å². The number of ether oxygens (including phenoxy) is 2. The summed E-state index contributed by atoms with van der Waals surface area (Å²) in [6.45, 7) is 1.59. The van der Waals surface area contributed by atoms with Gasteiger partial charge in [0.1, 0.15) is 0 Å². The Balaban J connectivity index is 1.79. The second-order valence-corrected chi connectivity index (χ2v) is 7.16. The number of nitrogens with one attached hydrogen (secondary N) is 1. The molecule has 1 atom stereocenters. The Morgan fingerprint density at radius 3 is 2.59 bits per heavy atom. The topological polar surface area (TPSA) is 104 Å². The van der Waals surface area contributed by atoms with Crippen LogP contribution in [0.5, 0.6) is 11.5 Å². The van der Waals surface area contributed by atoms with Crippen molar-refractivity contribution in [3.8, 4) is 11.5 Å². The predicted octanol–water partition coefficient (Wildman–Crippen LogP) is 1.49. The Kier molecular flexibility index (Phi) is 6.25. The maximum absolute atomic E-state index is 13.1. The average Bonchev–Trinajstić information content (AvgIpc) is 2.70. The molecule has 27 heavy (non-hydrogen) atoms. The van der Waals surface area contributed by atoms with Gasteiger partial charge in [-0.15, -0.1) is 0 Å². The standard InChI is InChI=1S/C18H23N3O5S/c1-25-16-9-14-13(3-6-19-15(14)10-17(16)26-2)18(22)21-7-4-12(5-8-21)11-20-27(23)24/h3,6,9-10,12,20H,4-5,7-8,11H2,1-2H3,(H,23,24)/p-1. The van der Waals surface area contributed by atoms with E-state index in [2.05, 4.69) is 9.71 Å². The van der Waals surface area contributed by atoms with Gasteiger partial charge in [0.2, 0.25) is 0 Å². The molecule has 3 rings (SSSR count). The van der Waals surface area contributed by atoms with Crippen molar-refractivity contribution < 1.29 is 23.0 Å². The van der Waals surface area contributed by atoms with Crippen molar-refractivity contribution in [2.45, 2.75) is 12.8 Å². The number of rotatable bonds is 6. The highest BCUT2D eigenvalue weighted by Gasteiger charge is 2.25. The zero-order valence-corrected chi connectivity index (χ0v) is 16.1. The first-order valence-electron chi connectivity index (χ1n) is 8.66. The summed E-state index contributed by atoms with van der Waals surface area (Å²) in [6, 6.07) is 5.24. The molecule has 1 N–H and O–H groups in total. The first-order valence-corrected chi connectivity index (χ1v) is 9.73. The van der Waals surface area contributed by atoms with Crippen LogP contribution < -0.4 is 14.2 Å². The van der Waals surface area contributed by atoms with Gasteiger partial charge in [-0.25, -0.2) is 4.72 Å². The summed E-state index contributed by atoms with van der Waals surface area (Å²) in [5.41, 5.74) is 1.23. The monoisotopic (exact) mass is 392 g/mol. The molecule has 1 aromatic heterocycles. The molecule has 9 heteroatoms. The zero-order valence-electron chi connectivity index (χ0n) is 15.3. The Hall–Kier alpha value is -2.23. The van der Waals surface area contributed by atoms with Crippen LogP contribution >= 0.6 is 0 Å².